The molecule has 0 aliphatic carbocycles. The van der Waals surface area contributed by atoms with Crippen LogP contribution in [0.4, 0.5) is 5.69 Å². The van der Waals surface area contributed by atoms with Gasteiger partial charge >= 0.3 is 0 Å². The van der Waals surface area contributed by atoms with Crippen LogP contribution in [0.1, 0.15) is 29.3 Å². The lowest BCUT2D eigenvalue weighted by molar-refractivity contribution is -0.255. The predicted molar refractivity (Wildman–Crippen MR) is 70.2 cm³/mol. The number of hydrogen-bond acceptors (Lipinski definition) is 4. The van der Waals surface area contributed by atoms with Gasteiger partial charge in [0.05, 0.1) is 5.97 Å². The maximum Gasteiger partial charge on any atom is 0.225 e. The number of anilines is 1. The molecular formula is C12H13N2O3S-. The Balaban J connectivity index is 2.83. The van der Waals surface area contributed by atoms with Crippen molar-refractivity contribution in [2.24, 2.45) is 0 Å². The van der Waals surface area contributed by atoms with E-state index in [1.54, 1.807) is 19.9 Å². The van der Waals surface area contributed by atoms with E-state index in [0.717, 1.165) is 5.56 Å². The molecular weight excluding hydrogens is 252 g/mol. The molecule has 0 radical (unpaired) electrons. The van der Waals surface area contributed by atoms with E-state index < -0.39 is 5.97 Å². The standard InChI is InChI=1S/C12H14N2O3S/c1-3-10(15)14-12(18)13-9-6-8(11(16)17)5-4-7(9)2/h4-6H,3H2,1-2H3,(H,16,17)(H2,13,14,15,18)/p-1. The monoisotopic (exact) mass is 265 g/mol. The highest BCUT2D eigenvalue weighted by Crippen LogP contribution is 2.16. The number of aromatic carboxylic acids is 1. The molecule has 6 heteroatoms. The van der Waals surface area contributed by atoms with Crippen LogP contribution >= 0.6 is 12.2 Å². The first-order chi connectivity index (χ1) is 8.43. The van der Waals surface area contributed by atoms with E-state index in [0.29, 0.717) is 12.1 Å². The van der Waals surface area contributed by atoms with E-state index in [4.69, 9.17) is 12.2 Å². The molecule has 0 bridgehead atoms. The van der Waals surface area contributed by atoms with Crippen molar-refractivity contribution in [3.05, 3.63) is 29.3 Å². The van der Waals surface area contributed by atoms with E-state index in [9.17, 15) is 14.7 Å². The number of carboxylic acid groups (broad SMARTS) is 1. The minimum absolute atomic E-state index is 0.0488. The van der Waals surface area contributed by atoms with Crippen LogP contribution in [0.25, 0.3) is 0 Å². The van der Waals surface area contributed by atoms with Gasteiger partial charge in [0.1, 0.15) is 0 Å². The fourth-order valence-corrected chi connectivity index (χ4v) is 1.48. The summed E-state index contributed by atoms with van der Waals surface area (Å²) in [7, 11) is 0. The Hall–Kier alpha value is -1.95. The molecule has 0 unspecified atom stereocenters. The molecule has 0 fully saturated rings. The molecule has 5 nitrogen and oxygen atoms in total. The molecule has 2 N–H and O–H groups in total. The van der Waals surface area contributed by atoms with Gasteiger partial charge in [-0.1, -0.05) is 19.1 Å². The third kappa shape index (κ3) is 3.81. The SMILES string of the molecule is CCC(=O)NC(=S)Nc1cc(C(=O)[O-])ccc1C. The Morgan fingerprint density at radius 2 is 2.06 bits per heavy atom. The van der Waals surface area contributed by atoms with Gasteiger partial charge in [0.25, 0.3) is 0 Å². The molecule has 0 atom stereocenters. The second-order valence-electron chi connectivity index (χ2n) is 3.67. The van der Waals surface area contributed by atoms with Crippen LogP contribution < -0.4 is 15.7 Å². The minimum Gasteiger partial charge on any atom is -0.545 e. The number of amides is 1. The predicted octanol–water partition coefficient (Wildman–Crippen LogP) is 0.582. The zero-order valence-corrected chi connectivity index (χ0v) is 10.9. The number of carbonyl (C=O) groups excluding carboxylic acids is 2. The summed E-state index contributed by atoms with van der Waals surface area (Å²) >= 11 is 4.94. The average Bonchev–Trinajstić information content (AvgIpc) is 2.31. The molecule has 0 spiro atoms. The largest absolute Gasteiger partial charge is 0.545 e. The van der Waals surface area contributed by atoms with Crippen LogP contribution in [0.5, 0.6) is 0 Å². The second kappa shape index (κ2) is 6.11. The quantitative estimate of drug-likeness (QED) is 0.781. The van der Waals surface area contributed by atoms with Crippen molar-refractivity contribution < 1.29 is 14.7 Å². The topological polar surface area (TPSA) is 81.3 Å². The Morgan fingerprint density at radius 3 is 2.61 bits per heavy atom. The normalized spacial score (nSPS) is 9.67. The number of rotatable bonds is 3. The zero-order valence-electron chi connectivity index (χ0n) is 10.1. The summed E-state index contributed by atoms with van der Waals surface area (Å²) in [5, 5.41) is 16.1. The number of carbonyl (C=O) groups is 2. The van der Waals surface area contributed by atoms with E-state index in [2.05, 4.69) is 10.6 Å². The zero-order chi connectivity index (χ0) is 13.7. The first kappa shape index (κ1) is 14.1. The summed E-state index contributed by atoms with van der Waals surface area (Å²) in [5.41, 5.74) is 1.39. The number of benzene rings is 1. The van der Waals surface area contributed by atoms with Crippen LogP contribution in [0.3, 0.4) is 0 Å². The molecule has 18 heavy (non-hydrogen) atoms. The number of thiocarbonyl (C=S) groups is 1. The van der Waals surface area contributed by atoms with Gasteiger partial charge in [0.15, 0.2) is 5.11 Å². The lowest BCUT2D eigenvalue weighted by Gasteiger charge is -2.13. The van der Waals surface area contributed by atoms with Gasteiger partial charge in [-0.05, 0) is 36.3 Å². The Labute approximate surface area is 110 Å². The first-order valence-corrected chi connectivity index (χ1v) is 5.77. The number of aryl methyl sites for hydroxylation is 1. The fraction of sp³-hybridized carbons (Fsp3) is 0.250. The van der Waals surface area contributed by atoms with Crippen LogP contribution in [0.15, 0.2) is 18.2 Å². The maximum absolute atomic E-state index is 11.1. The number of hydrogen-bond donors (Lipinski definition) is 2. The lowest BCUT2D eigenvalue weighted by Crippen LogP contribution is -2.33. The maximum atomic E-state index is 11.1. The Kier molecular flexibility index (Phi) is 4.79. The van der Waals surface area contributed by atoms with Crippen molar-refractivity contribution in [3.63, 3.8) is 0 Å². The molecule has 1 aromatic carbocycles. The van der Waals surface area contributed by atoms with E-state index in [-0.39, 0.29) is 16.6 Å². The van der Waals surface area contributed by atoms with Crippen LogP contribution in [-0.4, -0.2) is 17.0 Å². The van der Waals surface area contributed by atoms with E-state index in [1.807, 2.05) is 0 Å². The summed E-state index contributed by atoms with van der Waals surface area (Å²) in [6, 6.07) is 4.50. The molecule has 0 saturated heterocycles. The van der Waals surface area contributed by atoms with Crippen LogP contribution in [-0.2, 0) is 4.79 Å². The number of nitrogens with one attached hydrogen (secondary N) is 2. The Morgan fingerprint density at radius 1 is 1.39 bits per heavy atom. The fourth-order valence-electron chi connectivity index (χ4n) is 1.25. The first-order valence-electron chi connectivity index (χ1n) is 5.37. The van der Waals surface area contributed by atoms with Gasteiger partial charge in [0.2, 0.25) is 5.91 Å². The van der Waals surface area contributed by atoms with Crippen molar-refractivity contribution in [2.75, 3.05) is 5.32 Å². The molecule has 0 aliphatic heterocycles. The summed E-state index contributed by atoms with van der Waals surface area (Å²) < 4.78 is 0. The minimum atomic E-state index is -1.26. The highest BCUT2D eigenvalue weighted by Gasteiger charge is 2.05. The van der Waals surface area contributed by atoms with Gasteiger partial charge in [-0.15, -0.1) is 0 Å². The van der Waals surface area contributed by atoms with E-state index >= 15 is 0 Å². The lowest BCUT2D eigenvalue weighted by atomic mass is 10.1. The van der Waals surface area contributed by atoms with Gasteiger partial charge in [-0.2, -0.15) is 0 Å². The molecule has 1 amide bonds. The third-order valence-electron chi connectivity index (χ3n) is 2.30. The van der Waals surface area contributed by atoms with Crippen LogP contribution in [0, 0.1) is 6.92 Å². The third-order valence-corrected chi connectivity index (χ3v) is 2.50. The van der Waals surface area contributed by atoms with Crippen molar-refractivity contribution in [2.45, 2.75) is 20.3 Å². The van der Waals surface area contributed by atoms with Crippen LogP contribution in [0.2, 0.25) is 0 Å². The highest BCUT2D eigenvalue weighted by molar-refractivity contribution is 7.80. The molecule has 0 aromatic heterocycles. The summed E-state index contributed by atoms with van der Waals surface area (Å²) in [6.45, 7) is 3.51. The second-order valence-corrected chi connectivity index (χ2v) is 4.08. The van der Waals surface area contributed by atoms with Crippen molar-refractivity contribution in [1.29, 1.82) is 0 Å². The van der Waals surface area contributed by atoms with Crippen molar-refractivity contribution in [1.82, 2.24) is 5.32 Å². The number of carboxylic acids is 1. The molecule has 96 valence electrons. The summed E-state index contributed by atoms with van der Waals surface area (Å²) in [6.07, 6.45) is 0.319. The smallest absolute Gasteiger partial charge is 0.225 e. The molecule has 1 aromatic rings. The van der Waals surface area contributed by atoms with Gasteiger partial charge in [0, 0.05) is 12.1 Å². The molecule has 0 saturated carbocycles. The summed E-state index contributed by atoms with van der Waals surface area (Å²) in [5.74, 6) is -1.47. The highest BCUT2D eigenvalue weighted by atomic mass is 32.1. The molecule has 0 heterocycles. The average molecular weight is 265 g/mol. The summed E-state index contributed by atoms with van der Waals surface area (Å²) in [4.78, 5) is 21.9. The molecule has 0 aliphatic rings. The van der Waals surface area contributed by atoms with Gasteiger partial charge in [-0.25, -0.2) is 0 Å². The van der Waals surface area contributed by atoms with Gasteiger partial charge in [-0.3, -0.25) is 4.79 Å². The van der Waals surface area contributed by atoms with Crippen molar-refractivity contribution in [3.8, 4) is 0 Å². The van der Waals surface area contributed by atoms with Gasteiger partial charge < -0.3 is 20.5 Å². The molecule has 1 rings (SSSR count). The van der Waals surface area contributed by atoms with E-state index in [1.165, 1.54) is 12.1 Å². The Bertz CT molecular complexity index is 500. The van der Waals surface area contributed by atoms with Crippen molar-refractivity contribution >= 4 is 34.9 Å².